The van der Waals surface area contributed by atoms with Gasteiger partial charge in [0.25, 0.3) is 0 Å². The number of nitrogens with zero attached hydrogens (tertiary/aromatic N) is 1. The fourth-order valence-electron chi connectivity index (χ4n) is 2.59. The molecule has 1 aliphatic carbocycles. The molecule has 0 aromatic heterocycles. The van der Waals surface area contributed by atoms with Crippen molar-refractivity contribution in [3.8, 4) is 0 Å². The van der Waals surface area contributed by atoms with Crippen LogP contribution in [0.4, 0.5) is 0 Å². The van der Waals surface area contributed by atoms with Crippen LogP contribution in [-0.4, -0.2) is 48.2 Å². The molecule has 4 heteroatoms. The van der Waals surface area contributed by atoms with Crippen LogP contribution < -0.4 is 5.32 Å². The Morgan fingerprint density at radius 1 is 1.41 bits per heavy atom. The monoisotopic (exact) mass is 240 g/mol. The molecule has 0 aromatic carbocycles. The Hall–Kier alpha value is -0.610. The molecule has 1 saturated carbocycles. The van der Waals surface area contributed by atoms with Crippen molar-refractivity contribution in [3.63, 3.8) is 0 Å². The van der Waals surface area contributed by atoms with Crippen LogP contribution in [0.5, 0.6) is 0 Å². The van der Waals surface area contributed by atoms with E-state index in [4.69, 9.17) is 5.11 Å². The molecule has 1 aliphatic heterocycles. The minimum Gasteiger partial charge on any atom is -0.481 e. The van der Waals surface area contributed by atoms with Gasteiger partial charge in [-0.05, 0) is 50.7 Å². The first-order valence-electron chi connectivity index (χ1n) is 6.82. The topological polar surface area (TPSA) is 52.6 Å². The number of carboxylic acids is 1. The minimum atomic E-state index is -0.684. The van der Waals surface area contributed by atoms with Crippen molar-refractivity contribution in [2.75, 3.05) is 26.2 Å². The molecule has 0 bridgehead atoms. The van der Waals surface area contributed by atoms with Crippen molar-refractivity contribution in [2.45, 2.75) is 38.6 Å². The van der Waals surface area contributed by atoms with Crippen LogP contribution in [0.3, 0.4) is 0 Å². The Morgan fingerprint density at radius 3 is 2.59 bits per heavy atom. The molecule has 17 heavy (non-hydrogen) atoms. The van der Waals surface area contributed by atoms with Crippen molar-refractivity contribution >= 4 is 5.97 Å². The normalized spacial score (nSPS) is 30.4. The third-order valence-electron chi connectivity index (χ3n) is 4.13. The lowest BCUT2D eigenvalue weighted by Crippen LogP contribution is -2.38. The Morgan fingerprint density at radius 2 is 2.06 bits per heavy atom. The summed E-state index contributed by atoms with van der Waals surface area (Å²) in [6.07, 6.45) is 4.06. The summed E-state index contributed by atoms with van der Waals surface area (Å²) >= 11 is 0. The predicted molar refractivity (Wildman–Crippen MR) is 67.0 cm³/mol. The van der Waals surface area contributed by atoms with Crippen LogP contribution in [0.15, 0.2) is 0 Å². The molecule has 0 amide bonds. The lowest BCUT2D eigenvalue weighted by atomic mass is 9.96. The lowest BCUT2D eigenvalue weighted by molar-refractivity contribution is -0.137. The highest BCUT2D eigenvalue weighted by atomic mass is 16.4. The third-order valence-corrected chi connectivity index (χ3v) is 4.13. The highest BCUT2D eigenvalue weighted by Gasteiger charge is 2.32. The highest BCUT2D eigenvalue weighted by Crippen LogP contribution is 2.29. The van der Waals surface area contributed by atoms with E-state index in [1.54, 1.807) is 0 Å². The van der Waals surface area contributed by atoms with Gasteiger partial charge in [0.05, 0.1) is 6.42 Å². The van der Waals surface area contributed by atoms with Crippen LogP contribution in [-0.2, 0) is 4.79 Å². The molecule has 2 N–H and O–H groups in total. The number of piperidine rings is 1. The first-order valence-corrected chi connectivity index (χ1v) is 6.82. The maximum absolute atomic E-state index is 10.5. The van der Waals surface area contributed by atoms with E-state index in [1.165, 1.54) is 19.3 Å². The SMILES string of the molecule is C[C@@H]1C[C@H]1NCC1CCN(CCC(=O)O)CC1. The summed E-state index contributed by atoms with van der Waals surface area (Å²) in [5.74, 6) is 0.992. The number of carboxylic acid groups (broad SMARTS) is 1. The van der Waals surface area contributed by atoms with Crippen LogP contribution in [0.2, 0.25) is 0 Å². The second-order valence-corrected chi connectivity index (χ2v) is 5.66. The first-order chi connectivity index (χ1) is 8.15. The summed E-state index contributed by atoms with van der Waals surface area (Å²) in [7, 11) is 0. The number of likely N-dealkylation sites (tertiary alicyclic amines) is 1. The number of aliphatic carboxylic acids is 1. The van der Waals surface area contributed by atoms with E-state index in [-0.39, 0.29) is 6.42 Å². The van der Waals surface area contributed by atoms with Gasteiger partial charge in [0, 0.05) is 12.6 Å². The Labute approximate surface area is 103 Å². The number of hydrogen-bond acceptors (Lipinski definition) is 3. The molecule has 1 heterocycles. The van der Waals surface area contributed by atoms with Crippen LogP contribution >= 0.6 is 0 Å². The van der Waals surface area contributed by atoms with E-state index in [2.05, 4.69) is 17.1 Å². The molecule has 0 spiro atoms. The highest BCUT2D eigenvalue weighted by molar-refractivity contribution is 5.66. The molecule has 98 valence electrons. The summed E-state index contributed by atoms with van der Waals surface area (Å²) in [5, 5.41) is 12.3. The molecular weight excluding hydrogens is 216 g/mol. The molecule has 2 aliphatic rings. The number of nitrogens with one attached hydrogen (secondary N) is 1. The van der Waals surface area contributed by atoms with Gasteiger partial charge in [-0.3, -0.25) is 4.79 Å². The number of carbonyl (C=O) groups is 1. The number of rotatable bonds is 6. The maximum Gasteiger partial charge on any atom is 0.304 e. The Bertz CT molecular complexity index is 262. The second-order valence-electron chi connectivity index (χ2n) is 5.66. The van der Waals surface area contributed by atoms with Gasteiger partial charge in [0.1, 0.15) is 0 Å². The number of hydrogen-bond donors (Lipinski definition) is 2. The van der Waals surface area contributed by atoms with Gasteiger partial charge < -0.3 is 15.3 Å². The van der Waals surface area contributed by atoms with Gasteiger partial charge in [-0.15, -0.1) is 0 Å². The zero-order valence-corrected chi connectivity index (χ0v) is 10.7. The molecule has 4 nitrogen and oxygen atoms in total. The minimum absolute atomic E-state index is 0.280. The third kappa shape index (κ3) is 4.28. The van der Waals surface area contributed by atoms with Crippen molar-refractivity contribution in [1.29, 1.82) is 0 Å². The predicted octanol–water partition coefficient (Wildman–Crippen LogP) is 1.17. The molecule has 0 radical (unpaired) electrons. The van der Waals surface area contributed by atoms with E-state index < -0.39 is 5.97 Å². The van der Waals surface area contributed by atoms with E-state index in [0.717, 1.165) is 44.1 Å². The van der Waals surface area contributed by atoms with Crippen LogP contribution in [0.25, 0.3) is 0 Å². The lowest BCUT2D eigenvalue weighted by Gasteiger charge is -2.31. The first kappa shape index (κ1) is 12.8. The Kier molecular flexibility index (Phi) is 4.40. The van der Waals surface area contributed by atoms with Crippen molar-refractivity contribution in [3.05, 3.63) is 0 Å². The quantitative estimate of drug-likeness (QED) is 0.732. The van der Waals surface area contributed by atoms with E-state index >= 15 is 0 Å². The molecule has 2 rings (SSSR count). The summed E-state index contributed by atoms with van der Waals surface area (Å²) in [4.78, 5) is 12.8. The van der Waals surface area contributed by atoms with Crippen molar-refractivity contribution in [2.24, 2.45) is 11.8 Å². The molecule has 0 unspecified atom stereocenters. The fraction of sp³-hybridized carbons (Fsp3) is 0.923. The molecule has 2 fully saturated rings. The standard InChI is InChI=1S/C13H24N2O2/c1-10-8-12(10)14-9-11-2-5-15(6-3-11)7-4-13(16)17/h10-12,14H,2-9H2,1H3,(H,16,17)/t10-,12-/m1/s1. The average molecular weight is 240 g/mol. The van der Waals surface area contributed by atoms with Gasteiger partial charge in [0.15, 0.2) is 0 Å². The van der Waals surface area contributed by atoms with Crippen LogP contribution in [0, 0.1) is 11.8 Å². The largest absolute Gasteiger partial charge is 0.481 e. The van der Waals surface area contributed by atoms with Gasteiger partial charge in [-0.25, -0.2) is 0 Å². The van der Waals surface area contributed by atoms with Crippen LogP contribution in [0.1, 0.15) is 32.6 Å². The smallest absolute Gasteiger partial charge is 0.304 e. The van der Waals surface area contributed by atoms with Gasteiger partial charge in [-0.2, -0.15) is 0 Å². The van der Waals surface area contributed by atoms with Gasteiger partial charge >= 0.3 is 5.97 Å². The zero-order valence-electron chi connectivity index (χ0n) is 10.7. The summed E-state index contributed by atoms with van der Waals surface area (Å²) in [6, 6.07) is 0.778. The fourth-order valence-corrected chi connectivity index (χ4v) is 2.59. The summed E-state index contributed by atoms with van der Waals surface area (Å²) in [6.45, 7) is 6.31. The van der Waals surface area contributed by atoms with E-state index in [1.807, 2.05) is 0 Å². The summed E-state index contributed by atoms with van der Waals surface area (Å²) < 4.78 is 0. The average Bonchev–Trinajstić information content (AvgIpc) is 3.01. The molecule has 2 atom stereocenters. The second kappa shape index (κ2) is 5.83. The zero-order chi connectivity index (χ0) is 12.3. The van der Waals surface area contributed by atoms with Gasteiger partial charge in [0.2, 0.25) is 0 Å². The van der Waals surface area contributed by atoms with E-state index in [0.29, 0.717) is 0 Å². The van der Waals surface area contributed by atoms with Gasteiger partial charge in [-0.1, -0.05) is 6.92 Å². The maximum atomic E-state index is 10.5. The van der Waals surface area contributed by atoms with E-state index in [9.17, 15) is 4.79 Å². The van der Waals surface area contributed by atoms with Crippen molar-refractivity contribution < 1.29 is 9.90 Å². The van der Waals surface area contributed by atoms with Crippen molar-refractivity contribution in [1.82, 2.24) is 10.2 Å². The molecule has 1 saturated heterocycles. The molecule has 0 aromatic rings. The summed E-state index contributed by atoms with van der Waals surface area (Å²) in [5.41, 5.74) is 0. The Balaban J connectivity index is 1.55. The molecular formula is C13H24N2O2.